The Hall–Kier alpha value is 0.270. The van der Waals surface area contributed by atoms with Gasteiger partial charge in [-0.25, -0.2) is 0 Å². The van der Waals surface area contributed by atoms with Gasteiger partial charge >= 0.3 is 0 Å². The maximum Gasteiger partial charge on any atom is 0.0247 e. The molecule has 0 aromatic carbocycles. The van der Waals surface area contributed by atoms with Crippen LogP contribution in [0.15, 0.2) is 0 Å². The van der Waals surface area contributed by atoms with Crippen molar-refractivity contribution in [2.75, 3.05) is 25.4 Å². The van der Waals surface area contributed by atoms with Crippen LogP contribution >= 0.6 is 11.8 Å². The molecule has 19 heavy (non-hydrogen) atoms. The lowest BCUT2D eigenvalue weighted by Gasteiger charge is -2.39. The Morgan fingerprint density at radius 1 is 1.32 bits per heavy atom. The van der Waals surface area contributed by atoms with Crippen molar-refractivity contribution in [1.29, 1.82) is 0 Å². The van der Waals surface area contributed by atoms with E-state index >= 15 is 0 Å². The fraction of sp³-hybridized carbons (Fsp3) is 1.00. The molecule has 2 aliphatic rings. The first kappa shape index (κ1) is 15.7. The summed E-state index contributed by atoms with van der Waals surface area (Å²) in [6, 6.07) is 0.636. The van der Waals surface area contributed by atoms with Gasteiger partial charge in [-0.2, -0.15) is 11.8 Å². The third kappa shape index (κ3) is 4.37. The second kappa shape index (κ2) is 6.82. The predicted molar refractivity (Wildman–Crippen MR) is 86.7 cm³/mol. The molecule has 0 aromatic heterocycles. The summed E-state index contributed by atoms with van der Waals surface area (Å²) >= 11 is 2.14. The molecule has 0 bridgehead atoms. The van der Waals surface area contributed by atoms with Gasteiger partial charge < -0.3 is 5.73 Å². The highest BCUT2D eigenvalue weighted by Crippen LogP contribution is 2.35. The number of hydrogen-bond donors (Lipinski definition) is 1. The van der Waals surface area contributed by atoms with Gasteiger partial charge in [0.15, 0.2) is 0 Å². The third-order valence-electron chi connectivity index (χ3n) is 5.10. The quantitative estimate of drug-likeness (QED) is 0.861. The number of hydrogen-bond acceptors (Lipinski definition) is 3. The Morgan fingerprint density at radius 3 is 2.79 bits per heavy atom. The van der Waals surface area contributed by atoms with Crippen LogP contribution in [0.5, 0.6) is 0 Å². The van der Waals surface area contributed by atoms with E-state index in [1.54, 1.807) is 0 Å². The first-order valence-corrected chi connectivity index (χ1v) is 9.08. The molecule has 2 fully saturated rings. The normalized spacial score (nSPS) is 34.7. The van der Waals surface area contributed by atoms with Crippen molar-refractivity contribution in [2.24, 2.45) is 17.6 Å². The van der Waals surface area contributed by atoms with Gasteiger partial charge in [0.25, 0.3) is 0 Å². The largest absolute Gasteiger partial charge is 0.329 e. The molecular weight excluding hydrogens is 252 g/mol. The van der Waals surface area contributed by atoms with E-state index in [0.717, 1.165) is 18.4 Å². The minimum absolute atomic E-state index is 0.452. The zero-order valence-electron chi connectivity index (χ0n) is 13.0. The van der Waals surface area contributed by atoms with Gasteiger partial charge in [-0.15, -0.1) is 0 Å². The highest BCUT2D eigenvalue weighted by atomic mass is 32.2. The highest BCUT2D eigenvalue weighted by Gasteiger charge is 2.32. The van der Waals surface area contributed by atoms with Crippen molar-refractivity contribution in [3.8, 4) is 0 Å². The van der Waals surface area contributed by atoms with Gasteiger partial charge in [0, 0.05) is 29.6 Å². The summed E-state index contributed by atoms with van der Waals surface area (Å²) < 4.78 is 0.452. The Morgan fingerprint density at radius 2 is 2.11 bits per heavy atom. The van der Waals surface area contributed by atoms with Crippen LogP contribution in [0.4, 0.5) is 0 Å². The van der Waals surface area contributed by atoms with Crippen molar-refractivity contribution in [3.05, 3.63) is 0 Å². The zero-order valence-corrected chi connectivity index (χ0v) is 13.8. The summed E-state index contributed by atoms with van der Waals surface area (Å²) in [5, 5.41) is 0. The third-order valence-corrected chi connectivity index (χ3v) is 6.48. The van der Waals surface area contributed by atoms with Crippen LogP contribution in [-0.2, 0) is 0 Å². The van der Waals surface area contributed by atoms with Crippen molar-refractivity contribution in [3.63, 3.8) is 0 Å². The standard InChI is InChI=1S/C16H32N2S/c1-13-5-4-6-14(11-13)15(12-17)18-8-7-16(2,3)19-10-9-18/h13-15H,4-12,17H2,1-3H3. The van der Waals surface area contributed by atoms with E-state index in [4.69, 9.17) is 5.73 Å². The molecule has 112 valence electrons. The van der Waals surface area contributed by atoms with E-state index in [0.29, 0.717) is 10.8 Å². The van der Waals surface area contributed by atoms with E-state index in [9.17, 15) is 0 Å². The molecule has 2 rings (SSSR count). The van der Waals surface area contributed by atoms with Crippen molar-refractivity contribution < 1.29 is 0 Å². The molecule has 2 N–H and O–H groups in total. The average molecular weight is 285 g/mol. The summed E-state index contributed by atoms with van der Waals surface area (Å²) in [5.74, 6) is 3.02. The Kier molecular flexibility index (Phi) is 5.62. The number of rotatable bonds is 3. The molecule has 2 nitrogen and oxygen atoms in total. The fourth-order valence-electron chi connectivity index (χ4n) is 3.84. The van der Waals surface area contributed by atoms with E-state index < -0.39 is 0 Å². The SMILES string of the molecule is CC1CCCC(C(CN)N2CCSC(C)(C)CC2)C1. The van der Waals surface area contributed by atoms with Crippen LogP contribution in [0.1, 0.15) is 52.9 Å². The number of nitrogens with two attached hydrogens (primary N) is 1. The molecule has 3 unspecified atom stereocenters. The molecule has 3 atom stereocenters. The second-order valence-corrected chi connectivity index (χ2v) is 9.03. The Labute approximate surface area is 123 Å². The number of thioether (sulfide) groups is 1. The highest BCUT2D eigenvalue weighted by molar-refractivity contribution is 8.00. The molecule has 0 spiro atoms. The topological polar surface area (TPSA) is 29.3 Å². The van der Waals surface area contributed by atoms with Gasteiger partial charge in [-0.05, 0) is 37.6 Å². The second-order valence-electron chi connectivity index (χ2n) is 7.23. The summed E-state index contributed by atoms with van der Waals surface area (Å²) in [4.78, 5) is 2.71. The van der Waals surface area contributed by atoms with E-state index in [1.165, 1.54) is 50.9 Å². The van der Waals surface area contributed by atoms with Gasteiger partial charge in [-0.1, -0.05) is 33.6 Å². The van der Waals surface area contributed by atoms with Crippen molar-refractivity contribution in [1.82, 2.24) is 4.90 Å². The first-order valence-electron chi connectivity index (χ1n) is 8.10. The average Bonchev–Trinajstić information content (AvgIpc) is 2.52. The summed E-state index contributed by atoms with van der Waals surface area (Å²) in [7, 11) is 0. The smallest absolute Gasteiger partial charge is 0.0247 e. The molecule has 1 aliphatic carbocycles. The molecule has 0 radical (unpaired) electrons. The molecule has 1 saturated heterocycles. The van der Waals surface area contributed by atoms with Crippen LogP contribution in [0.2, 0.25) is 0 Å². The first-order chi connectivity index (χ1) is 9.02. The molecule has 1 heterocycles. The molecule has 0 aromatic rings. The van der Waals surface area contributed by atoms with Gasteiger partial charge in [0.05, 0.1) is 0 Å². The van der Waals surface area contributed by atoms with Crippen LogP contribution in [-0.4, -0.2) is 41.1 Å². The Bertz CT molecular complexity index is 280. The van der Waals surface area contributed by atoms with Gasteiger partial charge in [-0.3, -0.25) is 4.90 Å². The van der Waals surface area contributed by atoms with Gasteiger partial charge in [0.2, 0.25) is 0 Å². The lowest BCUT2D eigenvalue weighted by molar-refractivity contribution is 0.112. The van der Waals surface area contributed by atoms with Gasteiger partial charge in [0.1, 0.15) is 0 Å². The monoisotopic (exact) mass is 284 g/mol. The van der Waals surface area contributed by atoms with E-state index in [2.05, 4.69) is 37.4 Å². The van der Waals surface area contributed by atoms with Crippen molar-refractivity contribution in [2.45, 2.75) is 63.7 Å². The molecule has 0 amide bonds. The lowest BCUT2D eigenvalue weighted by atomic mass is 9.78. The summed E-state index contributed by atoms with van der Waals surface area (Å²) in [5.41, 5.74) is 6.15. The predicted octanol–water partition coefficient (Wildman–Crippen LogP) is 3.36. The van der Waals surface area contributed by atoms with Crippen molar-refractivity contribution >= 4 is 11.8 Å². The molecule has 1 saturated carbocycles. The van der Waals surface area contributed by atoms with Crippen LogP contribution in [0, 0.1) is 11.8 Å². The zero-order chi connectivity index (χ0) is 13.9. The maximum atomic E-state index is 6.15. The minimum atomic E-state index is 0.452. The lowest BCUT2D eigenvalue weighted by Crippen LogP contribution is -2.48. The van der Waals surface area contributed by atoms with Crippen LogP contribution in [0.25, 0.3) is 0 Å². The van der Waals surface area contributed by atoms with E-state index in [-0.39, 0.29) is 0 Å². The minimum Gasteiger partial charge on any atom is -0.329 e. The molecular formula is C16H32N2S. The fourth-order valence-corrected chi connectivity index (χ4v) is 4.95. The molecule has 1 aliphatic heterocycles. The van der Waals surface area contributed by atoms with Crippen LogP contribution in [0.3, 0.4) is 0 Å². The number of nitrogens with zero attached hydrogens (tertiary/aromatic N) is 1. The van der Waals surface area contributed by atoms with E-state index in [1.807, 2.05) is 0 Å². The Balaban J connectivity index is 1.96. The summed E-state index contributed by atoms with van der Waals surface area (Å²) in [6.07, 6.45) is 6.94. The molecule has 3 heteroatoms. The summed E-state index contributed by atoms with van der Waals surface area (Å²) in [6.45, 7) is 10.5. The maximum absolute atomic E-state index is 6.15. The van der Waals surface area contributed by atoms with Crippen LogP contribution < -0.4 is 5.73 Å².